The molecule has 0 aliphatic heterocycles. The number of rotatable bonds is 11. The van der Waals surface area contributed by atoms with Gasteiger partial charge in [-0.25, -0.2) is 0 Å². The predicted octanol–water partition coefficient (Wildman–Crippen LogP) is 2.62. The largest absolute Gasteiger partial charge is 0.494 e. The molecule has 1 aromatic carbocycles. The first kappa shape index (κ1) is 17.8. The summed E-state index contributed by atoms with van der Waals surface area (Å²) in [5.41, 5.74) is 0.797. The van der Waals surface area contributed by atoms with Gasteiger partial charge < -0.3 is 19.8 Å². The normalized spacial score (nSPS) is 10.2. The lowest BCUT2D eigenvalue weighted by Gasteiger charge is -2.23. The number of hydrogen-bond acceptors (Lipinski definition) is 4. The van der Waals surface area contributed by atoms with Gasteiger partial charge in [0.05, 0.1) is 19.4 Å². The third kappa shape index (κ3) is 6.97. The average Bonchev–Trinajstić information content (AvgIpc) is 2.48. The monoisotopic (exact) mass is 309 g/mol. The van der Waals surface area contributed by atoms with Gasteiger partial charge in [-0.3, -0.25) is 9.59 Å². The number of carbonyl (C=O) groups is 2. The lowest BCUT2D eigenvalue weighted by molar-refractivity contribution is -0.137. The molecule has 0 saturated heterocycles. The maximum Gasteiger partial charge on any atom is 0.305 e. The molecule has 0 bridgehead atoms. The van der Waals surface area contributed by atoms with Crippen LogP contribution in [0.15, 0.2) is 24.3 Å². The van der Waals surface area contributed by atoms with Crippen molar-refractivity contribution < 1.29 is 24.5 Å². The van der Waals surface area contributed by atoms with E-state index in [1.807, 2.05) is 24.3 Å². The summed E-state index contributed by atoms with van der Waals surface area (Å²) < 4.78 is 5.57. The SMILES string of the molecule is CCCCOc1ccc(N(CCC(=O)O)CCC(=O)O)cc1. The molecule has 0 aliphatic rings. The van der Waals surface area contributed by atoms with Crippen LogP contribution in [0.2, 0.25) is 0 Å². The maximum absolute atomic E-state index is 10.7. The highest BCUT2D eigenvalue weighted by atomic mass is 16.5. The molecule has 0 atom stereocenters. The summed E-state index contributed by atoms with van der Waals surface area (Å²) in [4.78, 5) is 23.2. The number of nitrogens with zero attached hydrogens (tertiary/aromatic N) is 1. The van der Waals surface area contributed by atoms with E-state index in [2.05, 4.69) is 6.92 Å². The molecule has 22 heavy (non-hydrogen) atoms. The molecule has 0 unspecified atom stereocenters. The van der Waals surface area contributed by atoms with Gasteiger partial charge in [-0.05, 0) is 30.7 Å². The zero-order chi connectivity index (χ0) is 16.4. The second-order valence-corrected chi connectivity index (χ2v) is 4.97. The Morgan fingerprint density at radius 2 is 1.59 bits per heavy atom. The molecule has 0 fully saturated rings. The van der Waals surface area contributed by atoms with Crippen molar-refractivity contribution in [3.63, 3.8) is 0 Å². The molecule has 6 heteroatoms. The molecule has 1 rings (SSSR count). The molecule has 0 saturated carbocycles. The number of carboxylic acid groups (broad SMARTS) is 2. The number of benzene rings is 1. The minimum absolute atomic E-state index is 0.0334. The Hall–Kier alpha value is -2.24. The Morgan fingerprint density at radius 3 is 2.05 bits per heavy atom. The molecule has 0 heterocycles. The van der Waals surface area contributed by atoms with Crippen LogP contribution in [0.4, 0.5) is 5.69 Å². The smallest absolute Gasteiger partial charge is 0.305 e. The van der Waals surface area contributed by atoms with Crippen LogP contribution in [0, 0.1) is 0 Å². The number of unbranched alkanes of at least 4 members (excludes halogenated alkanes) is 1. The molecule has 0 radical (unpaired) electrons. The Morgan fingerprint density at radius 1 is 1.05 bits per heavy atom. The fraction of sp³-hybridized carbons (Fsp3) is 0.500. The molecular formula is C16H23NO5. The average molecular weight is 309 g/mol. The summed E-state index contributed by atoms with van der Waals surface area (Å²) in [5, 5.41) is 17.6. The van der Waals surface area contributed by atoms with E-state index in [0.717, 1.165) is 24.3 Å². The van der Waals surface area contributed by atoms with Crippen LogP contribution in [0.25, 0.3) is 0 Å². The standard InChI is InChI=1S/C16H23NO5/c1-2-3-12-22-14-6-4-13(5-7-14)17(10-8-15(18)19)11-9-16(20)21/h4-7H,2-3,8-12H2,1H3,(H,18,19)(H,20,21). The van der Waals surface area contributed by atoms with Crippen LogP contribution in [0.5, 0.6) is 5.75 Å². The Bertz CT molecular complexity index is 454. The maximum atomic E-state index is 10.7. The molecule has 2 N–H and O–H groups in total. The van der Waals surface area contributed by atoms with Crippen molar-refractivity contribution in [3.05, 3.63) is 24.3 Å². The number of hydrogen-bond donors (Lipinski definition) is 2. The van der Waals surface area contributed by atoms with E-state index >= 15 is 0 Å². The summed E-state index contributed by atoms with van der Waals surface area (Å²) in [6, 6.07) is 7.29. The summed E-state index contributed by atoms with van der Waals surface area (Å²) in [6.45, 7) is 3.31. The lowest BCUT2D eigenvalue weighted by Crippen LogP contribution is -2.28. The second-order valence-electron chi connectivity index (χ2n) is 4.97. The Balaban J connectivity index is 2.66. The minimum Gasteiger partial charge on any atom is -0.494 e. The van der Waals surface area contributed by atoms with Gasteiger partial charge in [0.25, 0.3) is 0 Å². The molecule has 1 aromatic rings. The lowest BCUT2D eigenvalue weighted by atomic mass is 10.2. The Labute approximate surface area is 130 Å². The fourth-order valence-corrected chi connectivity index (χ4v) is 1.92. The summed E-state index contributed by atoms with van der Waals surface area (Å²) in [7, 11) is 0. The summed E-state index contributed by atoms with van der Waals surface area (Å²) in [5.74, 6) is -1.05. The van der Waals surface area contributed by atoms with E-state index in [4.69, 9.17) is 14.9 Å². The first-order valence-corrected chi connectivity index (χ1v) is 7.44. The highest BCUT2D eigenvalue weighted by Gasteiger charge is 2.11. The quantitative estimate of drug-likeness (QED) is 0.611. The molecule has 0 aliphatic carbocycles. The summed E-state index contributed by atoms with van der Waals surface area (Å²) in [6.07, 6.45) is 1.99. The van der Waals surface area contributed by atoms with Crippen molar-refractivity contribution >= 4 is 17.6 Å². The molecule has 122 valence electrons. The van der Waals surface area contributed by atoms with E-state index < -0.39 is 11.9 Å². The Kier molecular flexibility index (Phi) is 7.81. The van der Waals surface area contributed by atoms with Crippen molar-refractivity contribution in [2.75, 3.05) is 24.6 Å². The van der Waals surface area contributed by atoms with Gasteiger partial charge in [0.1, 0.15) is 5.75 Å². The van der Waals surface area contributed by atoms with Gasteiger partial charge in [-0.2, -0.15) is 0 Å². The topological polar surface area (TPSA) is 87.1 Å². The number of anilines is 1. The van der Waals surface area contributed by atoms with Crippen LogP contribution in [-0.4, -0.2) is 41.8 Å². The van der Waals surface area contributed by atoms with Crippen molar-refractivity contribution in [1.29, 1.82) is 0 Å². The van der Waals surface area contributed by atoms with E-state index in [9.17, 15) is 9.59 Å². The molecule has 0 amide bonds. The van der Waals surface area contributed by atoms with Crippen LogP contribution in [0.3, 0.4) is 0 Å². The zero-order valence-electron chi connectivity index (χ0n) is 12.8. The fourth-order valence-electron chi connectivity index (χ4n) is 1.92. The van der Waals surface area contributed by atoms with Crippen molar-refractivity contribution in [2.24, 2.45) is 0 Å². The molecule has 0 spiro atoms. The third-order valence-electron chi connectivity index (χ3n) is 3.16. The zero-order valence-corrected chi connectivity index (χ0v) is 12.8. The van der Waals surface area contributed by atoms with E-state index in [-0.39, 0.29) is 25.9 Å². The molecule has 6 nitrogen and oxygen atoms in total. The highest BCUT2D eigenvalue weighted by Crippen LogP contribution is 2.20. The predicted molar refractivity (Wildman–Crippen MR) is 83.6 cm³/mol. The van der Waals surface area contributed by atoms with Crippen molar-refractivity contribution in [3.8, 4) is 5.75 Å². The second kappa shape index (κ2) is 9.65. The third-order valence-corrected chi connectivity index (χ3v) is 3.16. The van der Waals surface area contributed by atoms with Crippen molar-refractivity contribution in [1.82, 2.24) is 0 Å². The van der Waals surface area contributed by atoms with Crippen molar-refractivity contribution in [2.45, 2.75) is 32.6 Å². The van der Waals surface area contributed by atoms with Gasteiger partial charge in [-0.1, -0.05) is 13.3 Å². The number of aliphatic carboxylic acids is 2. The van der Waals surface area contributed by atoms with Gasteiger partial charge >= 0.3 is 11.9 Å². The van der Waals surface area contributed by atoms with Crippen LogP contribution in [0.1, 0.15) is 32.6 Å². The van der Waals surface area contributed by atoms with E-state index in [1.165, 1.54) is 0 Å². The molecule has 0 aromatic heterocycles. The van der Waals surface area contributed by atoms with Crippen LogP contribution in [-0.2, 0) is 9.59 Å². The van der Waals surface area contributed by atoms with Crippen LogP contribution < -0.4 is 9.64 Å². The summed E-state index contributed by atoms with van der Waals surface area (Å²) >= 11 is 0. The van der Waals surface area contributed by atoms with Gasteiger partial charge in [0.2, 0.25) is 0 Å². The highest BCUT2D eigenvalue weighted by molar-refractivity contribution is 5.69. The van der Waals surface area contributed by atoms with E-state index in [1.54, 1.807) is 4.90 Å². The van der Waals surface area contributed by atoms with Gasteiger partial charge in [-0.15, -0.1) is 0 Å². The number of ether oxygens (including phenoxy) is 1. The first-order valence-electron chi connectivity index (χ1n) is 7.44. The molecular weight excluding hydrogens is 286 g/mol. The van der Waals surface area contributed by atoms with Gasteiger partial charge in [0, 0.05) is 18.8 Å². The van der Waals surface area contributed by atoms with Gasteiger partial charge in [0.15, 0.2) is 0 Å². The van der Waals surface area contributed by atoms with E-state index in [0.29, 0.717) is 6.61 Å². The van der Waals surface area contributed by atoms with Crippen LogP contribution >= 0.6 is 0 Å². The number of carboxylic acids is 2. The first-order chi connectivity index (χ1) is 10.5. The minimum atomic E-state index is -0.903.